The maximum Gasteiger partial charge on any atom is 0.335 e. The van der Waals surface area contributed by atoms with Crippen LogP contribution >= 0.6 is 0 Å². The molecule has 30 heavy (non-hydrogen) atoms. The van der Waals surface area contributed by atoms with Gasteiger partial charge in [0.1, 0.15) is 11.5 Å². The van der Waals surface area contributed by atoms with Crippen molar-refractivity contribution in [2.24, 2.45) is 5.92 Å². The molecule has 3 unspecified atom stereocenters. The second kappa shape index (κ2) is 7.71. The molecule has 3 atom stereocenters. The predicted molar refractivity (Wildman–Crippen MR) is 118 cm³/mol. The number of carbonyl (C=O) groups is 1. The van der Waals surface area contributed by atoms with Gasteiger partial charge in [-0.05, 0) is 62.6 Å². The van der Waals surface area contributed by atoms with Gasteiger partial charge >= 0.3 is 5.97 Å². The Morgan fingerprint density at radius 1 is 1.33 bits per heavy atom. The van der Waals surface area contributed by atoms with Crippen LogP contribution in [0.1, 0.15) is 61.1 Å². The monoisotopic (exact) mass is 407 g/mol. The lowest BCUT2D eigenvalue weighted by Crippen LogP contribution is -2.48. The zero-order chi connectivity index (χ0) is 21.5. The van der Waals surface area contributed by atoms with Crippen LogP contribution in [-0.2, 0) is 5.41 Å². The number of anilines is 1. The van der Waals surface area contributed by atoms with E-state index in [4.69, 9.17) is 9.47 Å². The number of benzene rings is 2. The molecule has 0 saturated carbocycles. The quantitative estimate of drug-likeness (QED) is 0.634. The third-order valence-corrected chi connectivity index (χ3v) is 6.61. The Morgan fingerprint density at radius 2 is 2.13 bits per heavy atom. The first-order valence-corrected chi connectivity index (χ1v) is 10.4. The molecule has 5 heteroatoms. The molecule has 158 valence electrons. The van der Waals surface area contributed by atoms with Crippen LogP contribution in [0.25, 0.3) is 0 Å². The third-order valence-electron chi connectivity index (χ3n) is 6.61. The number of rotatable bonds is 5. The van der Waals surface area contributed by atoms with E-state index in [1.54, 1.807) is 13.2 Å². The molecule has 0 aliphatic carbocycles. The van der Waals surface area contributed by atoms with Gasteiger partial charge in [-0.1, -0.05) is 24.6 Å². The number of hydrogen-bond acceptors (Lipinski definition) is 4. The van der Waals surface area contributed by atoms with Crippen LogP contribution in [-0.4, -0.2) is 24.8 Å². The first kappa shape index (κ1) is 20.3. The summed E-state index contributed by atoms with van der Waals surface area (Å²) in [6, 6.07) is 11.3. The highest BCUT2D eigenvalue weighted by Crippen LogP contribution is 2.55. The fourth-order valence-corrected chi connectivity index (χ4v) is 4.96. The Bertz CT molecular complexity index is 994. The second-order valence-corrected chi connectivity index (χ2v) is 8.71. The van der Waals surface area contributed by atoms with Gasteiger partial charge in [0.15, 0.2) is 0 Å². The van der Waals surface area contributed by atoms with Gasteiger partial charge in [0.05, 0.1) is 30.9 Å². The molecule has 2 aliphatic rings. The van der Waals surface area contributed by atoms with Crippen LogP contribution in [0.5, 0.6) is 11.5 Å². The summed E-state index contributed by atoms with van der Waals surface area (Å²) in [5.74, 6) is 0.897. The Hall–Kier alpha value is -2.95. The summed E-state index contributed by atoms with van der Waals surface area (Å²) < 4.78 is 11.9. The predicted octanol–water partition coefficient (Wildman–Crippen LogP) is 5.57. The van der Waals surface area contributed by atoms with E-state index in [0.29, 0.717) is 12.2 Å². The lowest BCUT2D eigenvalue weighted by atomic mass is 9.62. The van der Waals surface area contributed by atoms with Crippen LogP contribution in [0.15, 0.2) is 48.0 Å². The molecule has 4 rings (SSSR count). The molecule has 0 radical (unpaired) electrons. The highest BCUT2D eigenvalue weighted by molar-refractivity contribution is 5.89. The smallest absolute Gasteiger partial charge is 0.335 e. The summed E-state index contributed by atoms with van der Waals surface area (Å²) in [4.78, 5) is 11.7. The van der Waals surface area contributed by atoms with Gasteiger partial charge in [-0.3, -0.25) is 0 Å². The molecule has 2 aliphatic heterocycles. The summed E-state index contributed by atoms with van der Waals surface area (Å²) in [5.41, 5.74) is 4.43. The molecule has 2 aromatic rings. The van der Waals surface area contributed by atoms with Gasteiger partial charge in [0, 0.05) is 17.0 Å². The molecule has 0 aromatic heterocycles. The zero-order valence-corrected chi connectivity index (χ0v) is 18.0. The van der Waals surface area contributed by atoms with E-state index in [-0.39, 0.29) is 17.4 Å². The van der Waals surface area contributed by atoms with E-state index in [0.717, 1.165) is 41.2 Å². The highest BCUT2D eigenvalue weighted by atomic mass is 16.5. The Morgan fingerprint density at radius 3 is 2.83 bits per heavy atom. The van der Waals surface area contributed by atoms with Crippen LogP contribution in [0.4, 0.5) is 5.69 Å². The van der Waals surface area contributed by atoms with E-state index in [1.807, 2.05) is 30.3 Å². The van der Waals surface area contributed by atoms with Crippen LogP contribution in [0.3, 0.4) is 0 Å². The average molecular weight is 408 g/mol. The molecular weight excluding hydrogens is 378 g/mol. The number of allylic oxidation sites excluding steroid dienone is 2. The maximum absolute atomic E-state index is 11.7. The summed E-state index contributed by atoms with van der Waals surface area (Å²) in [7, 11) is 1.68. The first-order valence-electron chi connectivity index (χ1n) is 10.4. The normalized spacial score (nSPS) is 23.7. The molecule has 2 heterocycles. The molecule has 0 spiro atoms. The molecule has 2 N–H and O–H groups in total. The number of aromatic carboxylic acids is 1. The SMILES string of the molecule is COc1cccc2c1C1Nc3ccc(C(=O)O)cc3C(C)(CCC=C(C)C)C1CO2. The first-order chi connectivity index (χ1) is 14.3. The zero-order valence-electron chi connectivity index (χ0n) is 18.0. The number of nitrogens with one attached hydrogen (secondary N) is 1. The van der Waals surface area contributed by atoms with E-state index in [2.05, 4.69) is 32.2 Å². The van der Waals surface area contributed by atoms with E-state index < -0.39 is 5.97 Å². The van der Waals surface area contributed by atoms with Gasteiger partial charge in [-0.2, -0.15) is 0 Å². The number of carboxylic acid groups (broad SMARTS) is 1. The van der Waals surface area contributed by atoms with E-state index >= 15 is 0 Å². The second-order valence-electron chi connectivity index (χ2n) is 8.71. The molecule has 5 nitrogen and oxygen atoms in total. The summed E-state index contributed by atoms with van der Waals surface area (Å²) in [5, 5.41) is 13.2. The maximum atomic E-state index is 11.7. The van der Waals surface area contributed by atoms with Gasteiger partial charge in [0.25, 0.3) is 0 Å². The van der Waals surface area contributed by atoms with Gasteiger partial charge in [-0.15, -0.1) is 0 Å². The Kier molecular flexibility index (Phi) is 5.22. The van der Waals surface area contributed by atoms with Crippen molar-refractivity contribution < 1.29 is 19.4 Å². The topological polar surface area (TPSA) is 67.8 Å². The number of hydrogen-bond donors (Lipinski definition) is 2. The van der Waals surface area contributed by atoms with Crippen LogP contribution < -0.4 is 14.8 Å². The Balaban J connectivity index is 1.86. The van der Waals surface area contributed by atoms with Crippen molar-refractivity contribution in [1.82, 2.24) is 0 Å². The fourth-order valence-electron chi connectivity index (χ4n) is 4.96. The van der Waals surface area contributed by atoms with Crippen molar-refractivity contribution in [3.63, 3.8) is 0 Å². The van der Waals surface area contributed by atoms with Crippen LogP contribution in [0.2, 0.25) is 0 Å². The minimum atomic E-state index is -0.904. The molecule has 0 saturated heterocycles. The summed E-state index contributed by atoms with van der Waals surface area (Å²) >= 11 is 0. The van der Waals surface area contributed by atoms with Gasteiger partial charge in [0.2, 0.25) is 0 Å². The van der Waals surface area contributed by atoms with E-state index in [1.165, 1.54) is 5.57 Å². The lowest BCUT2D eigenvalue weighted by Gasteiger charge is -2.50. The van der Waals surface area contributed by atoms with Crippen molar-refractivity contribution >= 4 is 11.7 Å². The fraction of sp³-hybridized carbons (Fsp3) is 0.400. The van der Waals surface area contributed by atoms with Crippen molar-refractivity contribution in [3.8, 4) is 11.5 Å². The molecule has 0 fully saturated rings. The number of carboxylic acids is 1. The molecule has 0 bridgehead atoms. The minimum absolute atomic E-state index is 0.0322. The van der Waals surface area contributed by atoms with Gasteiger partial charge < -0.3 is 19.9 Å². The van der Waals surface area contributed by atoms with Crippen molar-refractivity contribution in [1.29, 1.82) is 0 Å². The third kappa shape index (κ3) is 3.32. The average Bonchev–Trinajstić information content (AvgIpc) is 2.72. The number of methoxy groups -OCH3 is 1. The lowest BCUT2D eigenvalue weighted by molar-refractivity contribution is 0.0696. The minimum Gasteiger partial charge on any atom is -0.496 e. The van der Waals surface area contributed by atoms with E-state index in [9.17, 15) is 9.90 Å². The van der Waals surface area contributed by atoms with Gasteiger partial charge in [-0.25, -0.2) is 4.79 Å². The standard InChI is InChI=1S/C25H29NO4/c1-15(2)7-6-12-25(3)17-13-16(24(27)28)10-11-19(17)26-23-18(25)14-30-21-9-5-8-20(29-4)22(21)23/h5,7-11,13,18,23,26H,6,12,14H2,1-4H3,(H,27,28). The number of ether oxygens (including phenoxy) is 2. The largest absolute Gasteiger partial charge is 0.496 e. The molecular formula is C25H29NO4. The molecule has 0 amide bonds. The van der Waals surface area contributed by atoms with Crippen LogP contribution in [0, 0.1) is 5.92 Å². The summed E-state index contributed by atoms with van der Waals surface area (Å²) in [6.07, 6.45) is 4.09. The molecule has 2 aromatic carbocycles. The Labute approximate surface area is 177 Å². The highest BCUT2D eigenvalue weighted by Gasteiger charge is 2.49. The van der Waals surface area contributed by atoms with Crippen molar-refractivity contribution in [3.05, 3.63) is 64.7 Å². The van der Waals surface area contributed by atoms with Crippen molar-refractivity contribution in [2.45, 2.75) is 45.1 Å². The summed E-state index contributed by atoms with van der Waals surface area (Å²) in [6.45, 7) is 7.03. The number of fused-ring (bicyclic) bond motifs is 4. The van der Waals surface area contributed by atoms with Crippen molar-refractivity contribution in [2.75, 3.05) is 19.0 Å².